The lowest BCUT2D eigenvalue weighted by molar-refractivity contribution is -0.384. The molecule has 3 aromatic carbocycles. The molecule has 3 heterocycles. The van der Waals surface area contributed by atoms with E-state index in [1.54, 1.807) is 17.0 Å². The highest BCUT2D eigenvalue weighted by Crippen LogP contribution is 2.33. The Labute approximate surface area is 235 Å². The maximum absolute atomic E-state index is 12.0. The van der Waals surface area contributed by atoms with Crippen LogP contribution < -0.4 is 14.4 Å². The minimum atomic E-state index is -0.328. The molecule has 40 heavy (non-hydrogen) atoms. The van der Waals surface area contributed by atoms with Crippen LogP contribution in [-0.4, -0.2) is 63.9 Å². The SMILES string of the molecule is O=[N+]([O-])c1cc(/C=N\n2cnnc2SCc2ccccc2)ccc1N1CCN(Cc2ccc3c(c2)OCO3)CC1. The zero-order valence-corrected chi connectivity index (χ0v) is 22.4. The van der Waals surface area contributed by atoms with Gasteiger partial charge in [-0.2, -0.15) is 9.78 Å². The Morgan fingerprint density at radius 3 is 2.62 bits per heavy atom. The molecule has 0 atom stereocenters. The number of aromatic nitrogens is 3. The molecular formula is C28H27N7O4S. The number of thioether (sulfide) groups is 1. The Morgan fingerprint density at radius 2 is 1.80 bits per heavy atom. The van der Waals surface area contributed by atoms with E-state index in [9.17, 15) is 10.1 Å². The van der Waals surface area contributed by atoms with Gasteiger partial charge in [-0.25, -0.2) is 0 Å². The fourth-order valence-corrected chi connectivity index (χ4v) is 5.54. The first-order chi connectivity index (χ1) is 19.6. The second-order valence-electron chi connectivity index (χ2n) is 9.43. The number of anilines is 1. The van der Waals surface area contributed by atoms with Gasteiger partial charge in [0.15, 0.2) is 11.5 Å². The lowest BCUT2D eigenvalue weighted by Gasteiger charge is -2.35. The summed E-state index contributed by atoms with van der Waals surface area (Å²) in [7, 11) is 0. The summed E-state index contributed by atoms with van der Waals surface area (Å²) in [6.45, 7) is 4.04. The van der Waals surface area contributed by atoms with Crippen molar-refractivity contribution in [3.63, 3.8) is 0 Å². The summed E-state index contributed by atoms with van der Waals surface area (Å²) >= 11 is 1.52. The van der Waals surface area contributed by atoms with E-state index in [-0.39, 0.29) is 17.4 Å². The molecule has 0 N–H and O–H groups in total. The van der Waals surface area contributed by atoms with Crippen molar-refractivity contribution in [3.8, 4) is 11.5 Å². The molecule has 204 valence electrons. The van der Waals surface area contributed by atoms with Crippen molar-refractivity contribution >= 4 is 29.4 Å². The van der Waals surface area contributed by atoms with Crippen LogP contribution in [0.25, 0.3) is 0 Å². The summed E-state index contributed by atoms with van der Waals surface area (Å²) in [5.74, 6) is 2.29. The van der Waals surface area contributed by atoms with Crippen LogP contribution in [0.2, 0.25) is 0 Å². The number of fused-ring (bicyclic) bond motifs is 1. The van der Waals surface area contributed by atoms with Gasteiger partial charge in [-0.3, -0.25) is 15.0 Å². The molecule has 12 heteroatoms. The predicted octanol–water partition coefficient (Wildman–Crippen LogP) is 4.41. The topological polar surface area (TPSA) is 111 Å². The van der Waals surface area contributed by atoms with E-state index < -0.39 is 0 Å². The molecular weight excluding hydrogens is 530 g/mol. The zero-order valence-electron chi connectivity index (χ0n) is 21.6. The molecule has 0 unspecified atom stereocenters. The van der Waals surface area contributed by atoms with Crippen molar-refractivity contribution in [1.29, 1.82) is 0 Å². The maximum atomic E-state index is 12.0. The van der Waals surface area contributed by atoms with Crippen LogP contribution in [0, 0.1) is 10.1 Å². The Kier molecular flexibility index (Phi) is 7.60. The summed E-state index contributed by atoms with van der Waals surface area (Å²) in [6.07, 6.45) is 3.12. The molecule has 0 bridgehead atoms. The Balaban J connectivity index is 1.09. The lowest BCUT2D eigenvalue weighted by Crippen LogP contribution is -2.46. The number of ether oxygens (including phenoxy) is 2. The zero-order chi connectivity index (χ0) is 27.3. The molecule has 0 spiro atoms. The van der Waals surface area contributed by atoms with Gasteiger partial charge in [-0.05, 0) is 29.3 Å². The predicted molar refractivity (Wildman–Crippen MR) is 152 cm³/mol. The fourth-order valence-electron chi connectivity index (χ4n) is 4.72. The Morgan fingerprint density at radius 1 is 0.975 bits per heavy atom. The van der Waals surface area contributed by atoms with Crippen molar-refractivity contribution < 1.29 is 14.4 Å². The van der Waals surface area contributed by atoms with Gasteiger partial charge >= 0.3 is 0 Å². The van der Waals surface area contributed by atoms with Crippen LogP contribution in [-0.2, 0) is 12.3 Å². The van der Waals surface area contributed by atoms with Crippen LogP contribution >= 0.6 is 11.8 Å². The highest BCUT2D eigenvalue weighted by molar-refractivity contribution is 7.98. The smallest absolute Gasteiger partial charge is 0.293 e. The number of nitrogens with zero attached hydrogens (tertiary/aromatic N) is 7. The van der Waals surface area contributed by atoms with Gasteiger partial charge in [0.1, 0.15) is 12.0 Å². The third-order valence-corrected chi connectivity index (χ3v) is 7.80. The molecule has 2 aliphatic rings. The van der Waals surface area contributed by atoms with E-state index in [0.29, 0.717) is 29.5 Å². The first-order valence-corrected chi connectivity index (χ1v) is 13.9. The largest absolute Gasteiger partial charge is 0.454 e. The Bertz CT molecular complexity index is 1520. The van der Waals surface area contributed by atoms with E-state index in [2.05, 4.69) is 43.3 Å². The van der Waals surface area contributed by atoms with Crippen molar-refractivity contribution in [2.45, 2.75) is 17.5 Å². The number of hydrogen-bond donors (Lipinski definition) is 0. The molecule has 0 saturated carbocycles. The quantitative estimate of drug-likeness (QED) is 0.128. The van der Waals surface area contributed by atoms with E-state index in [0.717, 1.165) is 42.4 Å². The van der Waals surface area contributed by atoms with Gasteiger partial charge < -0.3 is 14.4 Å². The first-order valence-electron chi connectivity index (χ1n) is 12.9. The van der Waals surface area contributed by atoms with Crippen LogP contribution in [0.15, 0.2) is 83.3 Å². The second-order valence-corrected chi connectivity index (χ2v) is 10.4. The Hall–Kier alpha value is -4.42. The number of hydrogen-bond acceptors (Lipinski definition) is 10. The number of piperazine rings is 1. The first kappa shape index (κ1) is 25.8. The molecule has 4 aromatic rings. The number of nitro benzene ring substituents is 1. The van der Waals surface area contributed by atoms with Crippen molar-refractivity contribution in [2.24, 2.45) is 5.10 Å². The van der Waals surface area contributed by atoms with E-state index in [4.69, 9.17) is 9.47 Å². The summed E-state index contributed by atoms with van der Waals surface area (Å²) in [5.41, 5.74) is 3.64. The third kappa shape index (κ3) is 5.92. The molecule has 11 nitrogen and oxygen atoms in total. The minimum Gasteiger partial charge on any atom is -0.454 e. The van der Waals surface area contributed by atoms with Crippen molar-refractivity contribution in [1.82, 2.24) is 19.8 Å². The molecule has 1 aromatic heterocycles. The molecule has 6 rings (SSSR count). The lowest BCUT2D eigenvalue weighted by atomic mass is 10.1. The monoisotopic (exact) mass is 557 g/mol. The van der Waals surface area contributed by atoms with Gasteiger partial charge in [0.05, 0.1) is 11.1 Å². The van der Waals surface area contributed by atoms with Crippen molar-refractivity contribution in [3.05, 3.63) is 99.9 Å². The molecule has 1 saturated heterocycles. The van der Waals surface area contributed by atoms with Crippen molar-refractivity contribution in [2.75, 3.05) is 37.9 Å². The highest BCUT2D eigenvalue weighted by Gasteiger charge is 2.24. The second kappa shape index (κ2) is 11.8. The average molecular weight is 558 g/mol. The molecule has 1 fully saturated rings. The minimum absolute atomic E-state index is 0.0654. The molecule has 2 aliphatic heterocycles. The van der Waals surface area contributed by atoms with E-state index in [1.165, 1.54) is 23.7 Å². The average Bonchev–Trinajstić information content (AvgIpc) is 3.65. The van der Waals surface area contributed by atoms with Crippen LogP contribution in [0.3, 0.4) is 0 Å². The summed E-state index contributed by atoms with van der Waals surface area (Å²) < 4.78 is 12.5. The van der Waals surface area contributed by atoms with Gasteiger partial charge in [0.25, 0.3) is 5.69 Å². The van der Waals surface area contributed by atoms with Crippen LogP contribution in [0.5, 0.6) is 11.5 Å². The standard InChI is InChI=1S/C28H27N7O4S/c36-35(37)25-14-22(16-30-34-19-29-31-28(34)40-18-21-4-2-1-3-5-21)6-8-24(25)33-12-10-32(11-13-33)17-23-7-9-26-27(15-23)39-20-38-26/h1-9,14-16,19H,10-13,17-18,20H2/b30-16-. The van der Waals surface area contributed by atoms with Crippen LogP contribution in [0.1, 0.15) is 16.7 Å². The maximum Gasteiger partial charge on any atom is 0.293 e. The summed E-state index contributed by atoms with van der Waals surface area (Å²) in [5, 5.41) is 25.2. The van der Waals surface area contributed by atoms with Gasteiger partial charge in [-0.15, -0.1) is 10.2 Å². The summed E-state index contributed by atoms with van der Waals surface area (Å²) in [4.78, 5) is 16.1. The normalized spacial score (nSPS) is 15.2. The molecule has 0 aliphatic carbocycles. The molecule has 0 amide bonds. The number of nitro groups is 1. The highest BCUT2D eigenvalue weighted by atomic mass is 32.2. The molecule has 0 radical (unpaired) electrons. The van der Waals surface area contributed by atoms with E-state index >= 15 is 0 Å². The van der Waals surface area contributed by atoms with Gasteiger partial charge in [-0.1, -0.05) is 54.2 Å². The van der Waals surface area contributed by atoms with Gasteiger partial charge in [0, 0.05) is 50.1 Å². The van der Waals surface area contributed by atoms with Gasteiger partial charge in [0.2, 0.25) is 11.9 Å². The number of rotatable bonds is 9. The summed E-state index contributed by atoms with van der Waals surface area (Å²) in [6, 6.07) is 21.3. The number of benzene rings is 3. The van der Waals surface area contributed by atoms with Crippen LogP contribution in [0.4, 0.5) is 11.4 Å². The van der Waals surface area contributed by atoms with E-state index in [1.807, 2.05) is 42.5 Å². The third-order valence-electron chi connectivity index (χ3n) is 6.79. The fraction of sp³-hybridized carbons (Fsp3) is 0.250.